The summed E-state index contributed by atoms with van der Waals surface area (Å²) in [6.45, 7) is 2.36. The lowest BCUT2D eigenvalue weighted by molar-refractivity contribution is -0.127. The topological polar surface area (TPSA) is 140 Å². The summed E-state index contributed by atoms with van der Waals surface area (Å²) in [5.41, 5.74) is 3.13. The van der Waals surface area contributed by atoms with Crippen molar-refractivity contribution in [2.75, 3.05) is 17.2 Å². The summed E-state index contributed by atoms with van der Waals surface area (Å²) in [4.78, 5) is 25.5. The average molecular weight is 486 g/mol. The Morgan fingerprint density at radius 2 is 1.97 bits per heavy atom. The number of rotatable bonds is 7. The molecule has 2 amide bonds. The van der Waals surface area contributed by atoms with Crippen molar-refractivity contribution in [3.05, 3.63) is 66.0 Å². The smallest absolute Gasteiger partial charge is 0.264 e. The number of benzene rings is 2. The first kappa shape index (κ1) is 23.7. The number of carbonyl (C=O) groups excluding carboxylic acids is 2. The standard InChI is InChI=1S/C23H27N5O5S/c1-15-5-7-16(8-6-15)34(32,33)28-11-10-24-23(31)20(28)13-22(30)27-19-4-2-3-18-17(19)14-25-21(26-18)9-12-29/h2-8,10-11,20-21,25-26,29H,9,12-14H2,1H3,(H,24,31)(H,27,30)/t20-,21?/m1/s1. The highest BCUT2D eigenvalue weighted by Gasteiger charge is 2.37. The van der Waals surface area contributed by atoms with E-state index in [2.05, 4.69) is 21.3 Å². The SMILES string of the molecule is Cc1ccc(S(=O)(=O)N2C=CNC(=O)[C@H]2CC(=O)Nc2cccc3c2CNC(CCO)N3)cc1. The fourth-order valence-corrected chi connectivity index (χ4v) is 5.39. The van der Waals surface area contributed by atoms with Crippen LogP contribution in [0.5, 0.6) is 0 Å². The number of fused-ring (bicyclic) bond motifs is 1. The highest BCUT2D eigenvalue weighted by atomic mass is 32.2. The summed E-state index contributed by atoms with van der Waals surface area (Å²) in [6.07, 6.45) is 2.59. The Bertz CT molecular complexity index is 1210. The number of hydrogen-bond acceptors (Lipinski definition) is 7. The number of nitrogens with one attached hydrogen (secondary N) is 4. The van der Waals surface area contributed by atoms with Crippen LogP contribution in [0.1, 0.15) is 24.0 Å². The van der Waals surface area contributed by atoms with E-state index in [1.165, 1.54) is 24.5 Å². The van der Waals surface area contributed by atoms with Crippen molar-refractivity contribution in [3.8, 4) is 0 Å². The minimum Gasteiger partial charge on any atom is -0.396 e. The quantitative estimate of drug-likeness (QED) is 0.397. The Kier molecular flexibility index (Phi) is 6.87. The first-order valence-corrected chi connectivity index (χ1v) is 12.3. The highest BCUT2D eigenvalue weighted by Crippen LogP contribution is 2.29. The zero-order valence-corrected chi connectivity index (χ0v) is 19.4. The molecule has 0 aromatic heterocycles. The number of aryl methyl sites for hydroxylation is 1. The molecule has 0 radical (unpaired) electrons. The Morgan fingerprint density at radius 1 is 1.21 bits per heavy atom. The second-order valence-corrected chi connectivity index (χ2v) is 10.0. The summed E-state index contributed by atoms with van der Waals surface area (Å²) in [7, 11) is -4.04. The molecule has 2 aliphatic rings. The molecule has 2 atom stereocenters. The summed E-state index contributed by atoms with van der Waals surface area (Å²) in [5, 5.41) is 21.0. The van der Waals surface area contributed by atoms with Gasteiger partial charge in [0.2, 0.25) is 11.8 Å². The van der Waals surface area contributed by atoms with Crippen molar-refractivity contribution < 1.29 is 23.1 Å². The summed E-state index contributed by atoms with van der Waals surface area (Å²) in [5.74, 6) is -1.08. The van der Waals surface area contributed by atoms with E-state index in [1.807, 2.05) is 13.0 Å². The molecule has 2 heterocycles. The predicted molar refractivity (Wildman–Crippen MR) is 127 cm³/mol. The van der Waals surface area contributed by atoms with Crippen molar-refractivity contribution >= 4 is 33.2 Å². The van der Waals surface area contributed by atoms with E-state index in [9.17, 15) is 18.0 Å². The fraction of sp³-hybridized carbons (Fsp3) is 0.304. The molecule has 5 N–H and O–H groups in total. The van der Waals surface area contributed by atoms with Gasteiger partial charge in [-0.3, -0.25) is 19.2 Å². The van der Waals surface area contributed by atoms with Crippen molar-refractivity contribution in [1.29, 1.82) is 0 Å². The lowest BCUT2D eigenvalue weighted by Gasteiger charge is -2.31. The van der Waals surface area contributed by atoms with Crippen LogP contribution in [0.15, 0.2) is 59.8 Å². The van der Waals surface area contributed by atoms with Gasteiger partial charge in [-0.15, -0.1) is 0 Å². The Labute approximate surface area is 198 Å². The Balaban J connectivity index is 1.52. The maximum atomic E-state index is 13.2. The second kappa shape index (κ2) is 9.84. The molecule has 2 aromatic carbocycles. The van der Waals surface area contributed by atoms with Gasteiger partial charge in [0.25, 0.3) is 10.0 Å². The van der Waals surface area contributed by atoms with Gasteiger partial charge < -0.3 is 21.1 Å². The molecule has 11 heteroatoms. The van der Waals surface area contributed by atoms with Gasteiger partial charge >= 0.3 is 0 Å². The van der Waals surface area contributed by atoms with E-state index in [0.29, 0.717) is 18.7 Å². The zero-order chi connectivity index (χ0) is 24.3. The van der Waals surface area contributed by atoms with Crippen LogP contribution in [0.4, 0.5) is 11.4 Å². The number of aliphatic hydroxyl groups excluding tert-OH is 1. The van der Waals surface area contributed by atoms with E-state index in [4.69, 9.17) is 5.11 Å². The van der Waals surface area contributed by atoms with E-state index in [0.717, 1.165) is 21.1 Å². The number of aliphatic hydroxyl groups is 1. The summed E-state index contributed by atoms with van der Waals surface area (Å²) < 4.78 is 27.3. The molecule has 180 valence electrons. The lowest BCUT2D eigenvalue weighted by atomic mass is 10.1. The third-order valence-corrected chi connectivity index (χ3v) is 7.55. The fourth-order valence-electron chi connectivity index (χ4n) is 3.94. The van der Waals surface area contributed by atoms with Crippen molar-refractivity contribution in [3.63, 3.8) is 0 Å². The molecule has 2 aromatic rings. The van der Waals surface area contributed by atoms with Crippen LogP contribution in [-0.4, -0.2) is 48.5 Å². The van der Waals surface area contributed by atoms with Crippen LogP contribution in [-0.2, 0) is 26.2 Å². The van der Waals surface area contributed by atoms with Gasteiger partial charge in [0.15, 0.2) is 0 Å². The normalized spacial score (nSPS) is 19.7. The van der Waals surface area contributed by atoms with E-state index < -0.39 is 27.9 Å². The van der Waals surface area contributed by atoms with Crippen LogP contribution >= 0.6 is 0 Å². The molecular formula is C23H27N5O5S. The summed E-state index contributed by atoms with van der Waals surface area (Å²) in [6, 6.07) is 10.5. The monoisotopic (exact) mass is 485 g/mol. The van der Waals surface area contributed by atoms with Crippen molar-refractivity contribution in [2.45, 2.75) is 43.4 Å². The summed E-state index contributed by atoms with van der Waals surface area (Å²) >= 11 is 0. The molecule has 1 unspecified atom stereocenters. The molecule has 0 fully saturated rings. The minimum absolute atomic E-state index is 0.0366. The minimum atomic E-state index is -4.04. The highest BCUT2D eigenvalue weighted by molar-refractivity contribution is 7.89. The van der Waals surface area contributed by atoms with Crippen molar-refractivity contribution in [1.82, 2.24) is 14.9 Å². The Morgan fingerprint density at radius 3 is 2.71 bits per heavy atom. The van der Waals surface area contributed by atoms with Crippen molar-refractivity contribution in [2.24, 2.45) is 0 Å². The van der Waals surface area contributed by atoms with Gasteiger partial charge in [0.1, 0.15) is 6.04 Å². The first-order valence-electron chi connectivity index (χ1n) is 10.9. The van der Waals surface area contributed by atoms with Crippen LogP contribution in [0.25, 0.3) is 0 Å². The van der Waals surface area contributed by atoms with Crippen LogP contribution in [0.3, 0.4) is 0 Å². The second-order valence-electron chi connectivity index (χ2n) is 8.16. The van der Waals surface area contributed by atoms with E-state index >= 15 is 0 Å². The molecule has 0 bridgehead atoms. The van der Waals surface area contributed by atoms with Crippen LogP contribution in [0.2, 0.25) is 0 Å². The average Bonchev–Trinajstić information content (AvgIpc) is 2.81. The third-order valence-electron chi connectivity index (χ3n) is 5.75. The van der Waals surface area contributed by atoms with E-state index in [1.54, 1.807) is 24.3 Å². The lowest BCUT2D eigenvalue weighted by Crippen LogP contribution is -2.50. The van der Waals surface area contributed by atoms with Gasteiger partial charge in [0.05, 0.1) is 17.5 Å². The number of sulfonamides is 1. The predicted octanol–water partition coefficient (Wildman–Crippen LogP) is 1.21. The van der Waals surface area contributed by atoms with Gasteiger partial charge in [-0.1, -0.05) is 23.8 Å². The molecule has 0 saturated heterocycles. The maximum Gasteiger partial charge on any atom is 0.264 e. The van der Waals surface area contributed by atoms with Crippen LogP contribution < -0.4 is 21.3 Å². The molecule has 0 aliphatic carbocycles. The number of amides is 2. The third kappa shape index (κ3) is 4.91. The Hall–Kier alpha value is -3.41. The molecule has 4 rings (SSSR count). The molecular weight excluding hydrogens is 458 g/mol. The van der Waals surface area contributed by atoms with E-state index in [-0.39, 0.29) is 24.1 Å². The molecule has 2 aliphatic heterocycles. The molecule has 0 saturated carbocycles. The number of nitrogens with zero attached hydrogens (tertiary/aromatic N) is 1. The number of anilines is 2. The molecule has 0 spiro atoms. The number of carbonyl (C=O) groups is 2. The van der Waals surface area contributed by atoms with Gasteiger partial charge in [-0.05, 0) is 31.2 Å². The van der Waals surface area contributed by atoms with Gasteiger partial charge in [-0.2, -0.15) is 0 Å². The first-order chi connectivity index (χ1) is 16.3. The van der Waals surface area contributed by atoms with Gasteiger partial charge in [-0.25, -0.2) is 8.42 Å². The van der Waals surface area contributed by atoms with Gasteiger partial charge in [0, 0.05) is 48.9 Å². The number of hydrogen-bond donors (Lipinski definition) is 5. The molecule has 10 nitrogen and oxygen atoms in total. The van der Waals surface area contributed by atoms with Crippen LogP contribution in [0, 0.1) is 6.92 Å². The zero-order valence-electron chi connectivity index (χ0n) is 18.6. The molecule has 34 heavy (non-hydrogen) atoms. The maximum absolute atomic E-state index is 13.2. The largest absolute Gasteiger partial charge is 0.396 e.